The Kier molecular flexibility index (Phi) is 5.73. The Morgan fingerprint density at radius 3 is 2.09 bits per heavy atom. The number of hydrogen-bond acceptors (Lipinski definition) is 5. The fraction of sp³-hybridized carbons (Fsp3) is 0.200. The first-order valence-corrected chi connectivity index (χ1v) is 10.2. The third-order valence-corrected chi connectivity index (χ3v) is 5.59. The molecule has 2 amide bonds. The van der Waals surface area contributed by atoms with E-state index in [0.29, 0.717) is 12.1 Å². The number of aromatic nitrogens is 1. The number of benzene rings is 2. The van der Waals surface area contributed by atoms with Crippen LogP contribution in [0.15, 0.2) is 60.7 Å². The Bertz CT molecular complexity index is 1190. The number of amides is 2. The van der Waals surface area contributed by atoms with Crippen molar-refractivity contribution in [2.45, 2.75) is 20.4 Å². The maximum Gasteiger partial charge on any atom is 0.326 e. The minimum absolute atomic E-state index is 0.257. The second kappa shape index (κ2) is 8.63. The topological polar surface area (TPSA) is 85.7 Å². The van der Waals surface area contributed by atoms with Crippen LogP contribution in [0.2, 0.25) is 0 Å². The SMILES string of the molecule is Cc1cc(C(=O)COC(=O)CN2C(=O)c3ccccc3C2=O)c(C)n1Cc1ccccc1. The summed E-state index contributed by atoms with van der Waals surface area (Å²) in [6.07, 6.45) is 0. The van der Waals surface area contributed by atoms with Gasteiger partial charge in [-0.15, -0.1) is 0 Å². The van der Waals surface area contributed by atoms with Crippen LogP contribution in [-0.2, 0) is 16.1 Å². The van der Waals surface area contributed by atoms with Crippen molar-refractivity contribution < 1.29 is 23.9 Å². The van der Waals surface area contributed by atoms with Crippen LogP contribution in [0.1, 0.15) is 48.0 Å². The number of hydrogen-bond donors (Lipinski definition) is 0. The lowest BCUT2D eigenvalue weighted by molar-refractivity contribution is -0.142. The van der Waals surface area contributed by atoms with Gasteiger partial charge in [0.1, 0.15) is 6.54 Å². The molecule has 0 aliphatic carbocycles. The highest BCUT2D eigenvalue weighted by molar-refractivity contribution is 6.22. The minimum Gasteiger partial charge on any atom is -0.456 e. The summed E-state index contributed by atoms with van der Waals surface area (Å²) >= 11 is 0. The first-order valence-electron chi connectivity index (χ1n) is 10.2. The summed E-state index contributed by atoms with van der Waals surface area (Å²) in [5.41, 5.74) is 3.81. The van der Waals surface area contributed by atoms with E-state index < -0.39 is 30.9 Å². The van der Waals surface area contributed by atoms with Gasteiger partial charge in [-0.25, -0.2) is 0 Å². The van der Waals surface area contributed by atoms with Crippen molar-refractivity contribution in [1.29, 1.82) is 0 Å². The average molecular weight is 430 g/mol. The molecule has 1 aliphatic rings. The lowest BCUT2D eigenvalue weighted by Gasteiger charge is -2.13. The molecule has 162 valence electrons. The molecule has 0 spiro atoms. The zero-order valence-electron chi connectivity index (χ0n) is 17.8. The van der Waals surface area contributed by atoms with Gasteiger partial charge in [-0.3, -0.25) is 24.1 Å². The standard InChI is InChI=1S/C25H22N2O5/c1-16-12-21(17(2)26(16)13-18-8-4-3-5-9-18)22(28)15-32-23(29)14-27-24(30)19-10-6-7-11-20(19)25(27)31/h3-12H,13-15H2,1-2H3. The molecule has 32 heavy (non-hydrogen) atoms. The summed E-state index contributed by atoms with van der Waals surface area (Å²) < 4.78 is 7.13. The molecule has 0 saturated heterocycles. The van der Waals surface area contributed by atoms with Crippen molar-refractivity contribution in [2.75, 3.05) is 13.2 Å². The molecule has 3 aromatic rings. The number of imide groups is 1. The number of ether oxygens (including phenoxy) is 1. The van der Waals surface area contributed by atoms with Gasteiger partial charge in [-0.1, -0.05) is 42.5 Å². The first kappa shape index (κ1) is 21.2. The Balaban J connectivity index is 1.38. The van der Waals surface area contributed by atoms with Gasteiger partial charge < -0.3 is 9.30 Å². The van der Waals surface area contributed by atoms with Crippen molar-refractivity contribution >= 4 is 23.6 Å². The van der Waals surface area contributed by atoms with Gasteiger partial charge in [0.2, 0.25) is 5.78 Å². The van der Waals surface area contributed by atoms with Crippen LogP contribution >= 0.6 is 0 Å². The Hall–Kier alpha value is -4.00. The summed E-state index contributed by atoms with van der Waals surface area (Å²) in [5, 5.41) is 0. The monoisotopic (exact) mass is 430 g/mol. The molecule has 0 atom stereocenters. The number of carbonyl (C=O) groups is 4. The van der Waals surface area contributed by atoms with E-state index in [4.69, 9.17) is 4.74 Å². The highest BCUT2D eigenvalue weighted by Crippen LogP contribution is 2.22. The van der Waals surface area contributed by atoms with Crippen molar-refractivity contribution in [1.82, 2.24) is 9.47 Å². The Labute approximate surface area is 185 Å². The van der Waals surface area contributed by atoms with Crippen LogP contribution < -0.4 is 0 Å². The van der Waals surface area contributed by atoms with Crippen LogP contribution in [0.25, 0.3) is 0 Å². The van der Waals surface area contributed by atoms with Crippen molar-refractivity contribution in [3.05, 3.63) is 94.3 Å². The number of ketones is 1. The van der Waals surface area contributed by atoms with Gasteiger partial charge in [0.15, 0.2) is 6.61 Å². The highest BCUT2D eigenvalue weighted by atomic mass is 16.5. The maximum absolute atomic E-state index is 12.7. The van der Waals surface area contributed by atoms with Gasteiger partial charge in [0.05, 0.1) is 11.1 Å². The molecular weight excluding hydrogens is 408 g/mol. The lowest BCUT2D eigenvalue weighted by atomic mass is 10.1. The molecule has 0 bridgehead atoms. The van der Waals surface area contributed by atoms with Crippen molar-refractivity contribution in [3.8, 4) is 0 Å². The van der Waals surface area contributed by atoms with Crippen LogP contribution in [0.4, 0.5) is 0 Å². The van der Waals surface area contributed by atoms with E-state index >= 15 is 0 Å². The van der Waals surface area contributed by atoms with Crippen molar-refractivity contribution in [3.63, 3.8) is 0 Å². The quantitative estimate of drug-likeness (QED) is 0.327. The molecule has 0 unspecified atom stereocenters. The Morgan fingerprint density at radius 1 is 0.875 bits per heavy atom. The molecule has 0 fully saturated rings. The van der Waals surface area contributed by atoms with E-state index in [0.717, 1.165) is 21.9 Å². The smallest absolute Gasteiger partial charge is 0.326 e. The molecule has 7 heteroatoms. The van der Waals surface area contributed by atoms with E-state index in [-0.39, 0.29) is 16.9 Å². The van der Waals surface area contributed by atoms with Gasteiger partial charge in [-0.2, -0.15) is 0 Å². The highest BCUT2D eigenvalue weighted by Gasteiger charge is 2.36. The summed E-state index contributed by atoms with van der Waals surface area (Å²) in [7, 11) is 0. The van der Waals surface area contributed by atoms with E-state index in [1.165, 1.54) is 12.1 Å². The number of esters is 1. The van der Waals surface area contributed by atoms with E-state index in [1.54, 1.807) is 18.2 Å². The second-order valence-electron chi connectivity index (χ2n) is 7.68. The van der Waals surface area contributed by atoms with Crippen molar-refractivity contribution in [2.24, 2.45) is 0 Å². The molecular formula is C25H22N2O5. The fourth-order valence-corrected chi connectivity index (χ4v) is 3.87. The molecule has 0 radical (unpaired) electrons. The summed E-state index contributed by atoms with van der Waals surface area (Å²) in [5.74, 6) is -2.24. The summed E-state index contributed by atoms with van der Waals surface area (Å²) in [6, 6.07) is 18.1. The van der Waals surface area contributed by atoms with E-state index in [1.807, 2.05) is 48.7 Å². The first-order chi connectivity index (χ1) is 15.4. The van der Waals surface area contributed by atoms with E-state index in [9.17, 15) is 19.2 Å². The predicted octanol–water partition coefficient (Wildman–Crippen LogP) is 3.18. The third-order valence-electron chi connectivity index (χ3n) is 5.59. The molecule has 2 heterocycles. The van der Waals surface area contributed by atoms with Gasteiger partial charge in [-0.05, 0) is 37.6 Å². The zero-order chi connectivity index (χ0) is 22.8. The number of aryl methyl sites for hydroxylation is 1. The average Bonchev–Trinajstić information content (AvgIpc) is 3.21. The van der Waals surface area contributed by atoms with Gasteiger partial charge in [0, 0.05) is 23.5 Å². The van der Waals surface area contributed by atoms with Crippen LogP contribution in [0.3, 0.4) is 0 Å². The van der Waals surface area contributed by atoms with E-state index in [2.05, 4.69) is 0 Å². The minimum atomic E-state index is -0.814. The molecule has 0 saturated carbocycles. The van der Waals surface area contributed by atoms with Crippen LogP contribution in [-0.4, -0.2) is 46.2 Å². The van der Waals surface area contributed by atoms with Crippen LogP contribution in [0, 0.1) is 13.8 Å². The van der Waals surface area contributed by atoms with Gasteiger partial charge >= 0.3 is 5.97 Å². The number of carbonyl (C=O) groups excluding carboxylic acids is 4. The maximum atomic E-state index is 12.7. The van der Waals surface area contributed by atoms with Gasteiger partial charge in [0.25, 0.3) is 11.8 Å². The molecule has 0 N–H and O–H groups in total. The zero-order valence-corrected chi connectivity index (χ0v) is 17.8. The molecule has 2 aromatic carbocycles. The normalized spacial score (nSPS) is 12.8. The summed E-state index contributed by atoms with van der Waals surface area (Å²) in [6.45, 7) is 3.40. The molecule has 7 nitrogen and oxygen atoms in total. The number of fused-ring (bicyclic) bond motifs is 1. The Morgan fingerprint density at radius 2 is 1.47 bits per heavy atom. The predicted molar refractivity (Wildman–Crippen MR) is 117 cm³/mol. The molecule has 4 rings (SSSR count). The lowest BCUT2D eigenvalue weighted by Crippen LogP contribution is -2.36. The second-order valence-corrected chi connectivity index (χ2v) is 7.68. The van der Waals surface area contributed by atoms with Crippen LogP contribution in [0.5, 0.6) is 0 Å². The number of Topliss-reactive ketones (excluding diaryl/α,β-unsaturated/α-hetero) is 1. The number of rotatable bonds is 7. The third kappa shape index (κ3) is 3.97. The molecule has 1 aromatic heterocycles. The number of nitrogens with zero attached hydrogens (tertiary/aromatic N) is 2. The summed E-state index contributed by atoms with van der Waals surface area (Å²) in [4.78, 5) is 50.5. The molecule has 1 aliphatic heterocycles. The fourth-order valence-electron chi connectivity index (χ4n) is 3.87. The largest absolute Gasteiger partial charge is 0.456 e.